The van der Waals surface area contributed by atoms with Crippen molar-refractivity contribution >= 4 is 27.3 Å². The van der Waals surface area contributed by atoms with Crippen molar-refractivity contribution in [2.75, 3.05) is 24.3 Å². The van der Waals surface area contributed by atoms with Crippen LogP contribution in [0.1, 0.15) is 12.5 Å². The van der Waals surface area contributed by atoms with E-state index < -0.39 is 0 Å². The highest BCUT2D eigenvalue weighted by Gasteiger charge is 2.05. The summed E-state index contributed by atoms with van der Waals surface area (Å²) < 4.78 is 1.13. The van der Waals surface area contributed by atoms with Gasteiger partial charge in [0.25, 0.3) is 0 Å². The Morgan fingerprint density at radius 2 is 1.80 bits per heavy atom. The fourth-order valence-corrected chi connectivity index (χ4v) is 2.45. The molecule has 2 nitrogen and oxygen atoms in total. The minimum Gasteiger partial charge on any atom is -0.382 e. The maximum Gasteiger partial charge on any atom is 0.0381 e. The van der Waals surface area contributed by atoms with E-state index in [0.29, 0.717) is 6.04 Å². The Kier molecular flexibility index (Phi) is 5.07. The van der Waals surface area contributed by atoms with Crippen LogP contribution < -0.4 is 10.2 Å². The van der Waals surface area contributed by atoms with Crippen molar-refractivity contribution in [3.8, 4) is 0 Å². The Labute approximate surface area is 129 Å². The van der Waals surface area contributed by atoms with E-state index in [4.69, 9.17) is 0 Å². The molecule has 0 radical (unpaired) electrons. The van der Waals surface area contributed by atoms with Crippen molar-refractivity contribution < 1.29 is 0 Å². The minimum atomic E-state index is 0.397. The summed E-state index contributed by atoms with van der Waals surface area (Å²) in [6, 6.07) is 17.4. The van der Waals surface area contributed by atoms with Crippen molar-refractivity contribution in [2.24, 2.45) is 0 Å². The van der Waals surface area contributed by atoms with Crippen LogP contribution in [-0.2, 0) is 6.42 Å². The van der Waals surface area contributed by atoms with E-state index in [1.165, 1.54) is 16.9 Å². The largest absolute Gasteiger partial charge is 0.382 e. The summed E-state index contributed by atoms with van der Waals surface area (Å²) in [5.41, 5.74) is 3.73. The van der Waals surface area contributed by atoms with Gasteiger partial charge in [-0.05, 0) is 49.2 Å². The molecule has 0 heterocycles. The first-order valence-electron chi connectivity index (χ1n) is 6.83. The first-order chi connectivity index (χ1) is 9.54. The van der Waals surface area contributed by atoms with Gasteiger partial charge in [0.1, 0.15) is 0 Å². The van der Waals surface area contributed by atoms with Crippen LogP contribution in [0.25, 0.3) is 0 Å². The van der Waals surface area contributed by atoms with E-state index in [0.717, 1.165) is 10.9 Å². The Morgan fingerprint density at radius 3 is 2.45 bits per heavy atom. The summed E-state index contributed by atoms with van der Waals surface area (Å²) >= 11 is 3.47. The zero-order valence-corrected chi connectivity index (χ0v) is 13.8. The highest BCUT2D eigenvalue weighted by atomic mass is 79.9. The fraction of sp³-hybridized carbons (Fsp3) is 0.294. The molecule has 0 aliphatic rings. The van der Waals surface area contributed by atoms with E-state index >= 15 is 0 Å². The number of benzene rings is 2. The molecule has 3 heteroatoms. The van der Waals surface area contributed by atoms with Gasteiger partial charge in [-0.25, -0.2) is 0 Å². The van der Waals surface area contributed by atoms with Gasteiger partial charge in [-0.15, -0.1) is 0 Å². The molecular weight excluding hydrogens is 312 g/mol. The lowest BCUT2D eigenvalue weighted by Gasteiger charge is -2.18. The van der Waals surface area contributed by atoms with Crippen LogP contribution in [0, 0.1) is 0 Å². The molecule has 0 saturated heterocycles. The Balaban J connectivity index is 1.99. The lowest BCUT2D eigenvalue weighted by Crippen LogP contribution is -2.18. The van der Waals surface area contributed by atoms with Gasteiger partial charge in [0.2, 0.25) is 0 Å². The summed E-state index contributed by atoms with van der Waals surface area (Å²) in [6.07, 6.45) is 1.01. The van der Waals surface area contributed by atoms with Gasteiger partial charge in [-0.1, -0.05) is 34.1 Å². The molecule has 0 aromatic heterocycles. The molecule has 0 aliphatic carbocycles. The third kappa shape index (κ3) is 4.27. The van der Waals surface area contributed by atoms with Gasteiger partial charge in [0.15, 0.2) is 0 Å². The van der Waals surface area contributed by atoms with Crippen molar-refractivity contribution in [1.29, 1.82) is 0 Å². The third-order valence-electron chi connectivity index (χ3n) is 3.23. The smallest absolute Gasteiger partial charge is 0.0381 e. The highest BCUT2D eigenvalue weighted by Crippen LogP contribution is 2.19. The monoisotopic (exact) mass is 332 g/mol. The number of rotatable bonds is 5. The molecule has 0 spiro atoms. The summed E-state index contributed by atoms with van der Waals surface area (Å²) in [5, 5.41) is 3.56. The van der Waals surface area contributed by atoms with Crippen LogP contribution >= 0.6 is 15.9 Å². The van der Waals surface area contributed by atoms with Gasteiger partial charge in [0, 0.05) is 36.0 Å². The minimum absolute atomic E-state index is 0.397. The normalized spacial score (nSPS) is 12.0. The Morgan fingerprint density at radius 1 is 1.10 bits per heavy atom. The number of nitrogens with one attached hydrogen (secondary N) is 1. The van der Waals surface area contributed by atoms with Crippen LogP contribution in [0.3, 0.4) is 0 Å². The fourth-order valence-electron chi connectivity index (χ4n) is 2.18. The maximum absolute atomic E-state index is 3.56. The van der Waals surface area contributed by atoms with Crippen molar-refractivity contribution in [3.05, 3.63) is 58.6 Å². The predicted octanol–water partition coefficient (Wildman–Crippen LogP) is 4.56. The molecule has 0 aliphatic heterocycles. The summed E-state index contributed by atoms with van der Waals surface area (Å²) in [6.45, 7) is 2.21. The number of nitrogens with zero attached hydrogens (tertiary/aromatic N) is 1. The number of halogens is 1. The van der Waals surface area contributed by atoms with Crippen LogP contribution in [0.4, 0.5) is 11.4 Å². The molecule has 1 atom stereocenters. The molecule has 2 aromatic rings. The zero-order valence-electron chi connectivity index (χ0n) is 12.2. The lowest BCUT2D eigenvalue weighted by atomic mass is 10.1. The second-order valence-electron chi connectivity index (χ2n) is 5.32. The topological polar surface area (TPSA) is 15.3 Å². The number of hydrogen-bond acceptors (Lipinski definition) is 2. The summed E-state index contributed by atoms with van der Waals surface area (Å²) in [4.78, 5) is 2.12. The summed E-state index contributed by atoms with van der Waals surface area (Å²) in [7, 11) is 4.12. The van der Waals surface area contributed by atoms with Crippen LogP contribution in [0.2, 0.25) is 0 Å². The molecule has 0 bridgehead atoms. The predicted molar refractivity (Wildman–Crippen MR) is 91.7 cm³/mol. The second kappa shape index (κ2) is 6.80. The zero-order chi connectivity index (χ0) is 14.5. The molecule has 1 unspecified atom stereocenters. The summed E-state index contributed by atoms with van der Waals surface area (Å²) in [5.74, 6) is 0. The molecule has 1 N–H and O–H groups in total. The molecule has 2 aromatic carbocycles. The molecule has 20 heavy (non-hydrogen) atoms. The average molecular weight is 333 g/mol. The molecule has 0 amide bonds. The molecular formula is C17H21BrN2. The van der Waals surface area contributed by atoms with Gasteiger partial charge >= 0.3 is 0 Å². The average Bonchev–Trinajstić information content (AvgIpc) is 2.41. The maximum atomic E-state index is 3.56. The number of anilines is 2. The molecule has 2 rings (SSSR count). The van der Waals surface area contributed by atoms with Crippen LogP contribution in [0.15, 0.2) is 53.0 Å². The lowest BCUT2D eigenvalue weighted by molar-refractivity contribution is 0.790. The van der Waals surface area contributed by atoms with E-state index in [1.54, 1.807) is 0 Å². The van der Waals surface area contributed by atoms with Crippen molar-refractivity contribution in [2.45, 2.75) is 19.4 Å². The Hall–Kier alpha value is -1.48. The first kappa shape index (κ1) is 14.9. The number of hydrogen-bond donors (Lipinski definition) is 1. The van der Waals surface area contributed by atoms with Crippen LogP contribution in [0.5, 0.6) is 0 Å². The molecule has 0 saturated carbocycles. The van der Waals surface area contributed by atoms with Gasteiger partial charge < -0.3 is 10.2 Å². The van der Waals surface area contributed by atoms with Gasteiger partial charge in [-0.2, -0.15) is 0 Å². The third-order valence-corrected chi connectivity index (χ3v) is 3.76. The van der Waals surface area contributed by atoms with E-state index in [1.807, 2.05) is 0 Å². The standard InChI is InChI=1S/C17H21BrN2/c1-13(11-14-7-9-15(18)10-8-14)19-16-5-4-6-17(12-16)20(2)3/h4-10,12-13,19H,11H2,1-3H3. The molecule has 106 valence electrons. The van der Waals surface area contributed by atoms with Crippen molar-refractivity contribution in [1.82, 2.24) is 0 Å². The SMILES string of the molecule is CC(Cc1ccc(Br)cc1)Nc1cccc(N(C)C)c1. The van der Waals surface area contributed by atoms with E-state index in [9.17, 15) is 0 Å². The highest BCUT2D eigenvalue weighted by molar-refractivity contribution is 9.10. The second-order valence-corrected chi connectivity index (χ2v) is 6.24. The van der Waals surface area contributed by atoms with Gasteiger partial charge in [0.05, 0.1) is 0 Å². The van der Waals surface area contributed by atoms with Gasteiger partial charge in [-0.3, -0.25) is 0 Å². The Bertz CT molecular complexity index is 549. The molecule has 0 fully saturated rings. The van der Waals surface area contributed by atoms with Crippen LogP contribution in [-0.4, -0.2) is 20.1 Å². The van der Waals surface area contributed by atoms with Crippen molar-refractivity contribution in [3.63, 3.8) is 0 Å². The quantitative estimate of drug-likeness (QED) is 0.863. The first-order valence-corrected chi connectivity index (χ1v) is 7.62. The van der Waals surface area contributed by atoms with E-state index in [2.05, 4.69) is 95.7 Å². The van der Waals surface area contributed by atoms with E-state index in [-0.39, 0.29) is 0 Å².